The van der Waals surface area contributed by atoms with E-state index in [1.54, 1.807) is 18.2 Å². The molecule has 20 heavy (non-hydrogen) atoms. The van der Waals surface area contributed by atoms with Crippen molar-refractivity contribution < 1.29 is 4.79 Å². The van der Waals surface area contributed by atoms with Gasteiger partial charge in [-0.3, -0.25) is 4.79 Å². The summed E-state index contributed by atoms with van der Waals surface area (Å²) in [4.78, 5) is 12.1. The molecule has 0 saturated heterocycles. The number of hydrogen-bond acceptors (Lipinski definition) is 2. The lowest BCUT2D eigenvalue weighted by Gasteiger charge is -2.10. The summed E-state index contributed by atoms with van der Waals surface area (Å²) in [6.45, 7) is 0. The van der Waals surface area contributed by atoms with Crippen LogP contribution in [-0.2, 0) is 0 Å². The summed E-state index contributed by atoms with van der Waals surface area (Å²) in [6.07, 6.45) is 0. The number of anilines is 2. The van der Waals surface area contributed by atoms with Crippen LogP contribution >= 0.6 is 50.7 Å². The Morgan fingerprint density at radius 1 is 1.10 bits per heavy atom. The number of benzene rings is 2. The molecule has 2 aromatic carbocycles. The van der Waals surface area contributed by atoms with Crippen LogP contribution in [0, 0.1) is 0 Å². The van der Waals surface area contributed by atoms with Crippen molar-refractivity contribution in [2.75, 3.05) is 11.1 Å². The third-order valence-corrected chi connectivity index (χ3v) is 4.04. The molecule has 0 fully saturated rings. The molecule has 0 saturated carbocycles. The lowest BCUT2D eigenvalue weighted by atomic mass is 10.2. The van der Waals surface area contributed by atoms with Gasteiger partial charge in [-0.15, -0.1) is 0 Å². The average molecular weight is 394 g/mol. The van der Waals surface area contributed by atoms with Crippen molar-refractivity contribution in [1.82, 2.24) is 0 Å². The van der Waals surface area contributed by atoms with Crippen LogP contribution in [0.1, 0.15) is 10.4 Å². The Morgan fingerprint density at radius 2 is 1.70 bits per heavy atom. The summed E-state index contributed by atoms with van der Waals surface area (Å²) >= 11 is 21.1. The topological polar surface area (TPSA) is 55.1 Å². The average Bonchev–Trinajstić information content (AvgIpc) is 2.36. The predicted molar refractivity (Wildman–Crippen MR) is 88.0 cm³/mol. The van der Waals surface area contributed by atoms with Crippen LogP contribution in [-0.4, -0.2) is 5.91 Å². The van der Waals surface area contributed by atoms with Crippen LogP contribution in [0.15, 0.2) is 34.8 Å². The van der Waals surface area contributed by atoms with E-state index in [0.29, 0.717) is 22.0 Å². The largest absolute Gasteiger partial charge is 0.398 e. The van der Waals surface area contributed by atoms with Gasteiger partial charge < -0.3 is 11.1 Å². The van der Waals surface area contributed by atoms with Gasteiger partial charge in [0, 0.05) is 20.7 Å². The second kappa shape index (κ2) is 6.22. The first-order valence-corrected chi connectivity index (χ1v) is 7.32. The van der Waals surface area contributed by atoms with Crippen molar-refractivity contribution in [2.45, 2.75) is 0 Å². The molecule has 0 spiro atoms. The highest BCUT2D eigenvalue weighted by Gasteiger charge is 2.13. The van der Waals surface area contributed by atoms with E-state index in [1.807, 2.05) is 0 Å². The van der Waals surface area contributed by atoms with Crippen molar-refractivity contribution in [1.29, 1.82) is 0 Å². The van der Waals surface area contributed by atoms with Crippen molar-refractivity contribution in [3.8, 4) is 0 Å². The highest BCUT2D eigenvalue weighted by Crippen LogP contribution is 2.34. The Morgan fingerprint density at radius 3 is 2.25 bits per heavy atom. The van der Waals surface area contributed by atoms with E-state index in [4.69, 9.17) is 40.5 Å². The van der Waals surface area contributed by atoms with Crippen LogP contribution in [0.4, 0.5) is 11.4 Å². The molecule has 0 aromatic heterocycles. The molecule has 7 heteroatoms. The fraction of sp³-hybridized carbons (Fsp3) is 0. The van der Waals surface area contributed by atoms with Gasteiger partial charge >= 0.3 is 0 Å². The van der Waals surface area contributed by atoms with Crippen LogP contribution in [0.2, 0.25) is 15.1 Å². The van der Waals surface area contributed by atoms with Crippen molar-refractivity contribution >= 4 is 68.0 Å². The normalized spacial score (nSPS) is 10.4. The molecule has 104 valence electrons. The number of carbonyl (C=O) groups is 1. The van der Waals surface area contributed by atoms with Gasteiger partial charge in [0.05, 0.1) is 15.7 Å². The molecule has 0 atom stereocenters. The fourth-order valence-electron chi connectivity index (χ4n) is 1.53. The van der Waals surface area contributed by atoms with Crippen LogP contribution in [0.3, 0.4) is 0 Å². The number of hydrogen-bond donors (Lipinski definition) is 2. The highest BCUT2D eigenvalue weighted by atomic mass is 79.9. The maximum atomic E-state index is 12.1. The van der Waals surface area contributed by atoms with Gasteiger partial charge in [0.15, 0.2) is 0 Å². The molecule has 0 heterocycles. The first-order valence-electron chi connectivity index (χ1n) is 5.39. The van der Waals surface area contributed by atoms with Crippen molar-refractivity contribution in [2.24, 2.45) is 0 Å². The number of amides is 1. The standard InChI is InChI=1S/C13H8BrCl3N2O/c14-8-2-1-6(3-11(8)18)13(20)19-12-9(16)4-7(15)5-10(12)17/h1-5H,18H2,(H,19,20). The Labute approximate surface area is 139 Å². The third-order valence-electron chi connectivity index (χ3n) is 2.50. The minimum Gasteiger partial charge on any atom is -0.398 e. The number of carbonyl (C=O) groups excluding carboxylic acids is 1. The molecule has 0 bridgehead atoms. The number of nitrogens with one attached hydrogen (secondary N) is 1. The molecule has 3 N–H and O–H groups in total. The maximum absolute atomic E-state index is 12.1. The molecule has 2 rings (SSSR count). The lowest BCUT2D eigenvalue weighted by molar-refractivity contribution is 0.102. The molecular formula is C13H8BrCl3N2O. The van der Waals surface area contributed by atoms with E-state index in [0.717, 1.165) is 4.47 Å². The molecule has 1 amide bonds. The first-order chi connectivity index (χ1) is 9.38. The zero-order valence-electron chi connectivity index (χ0n) is 9.88. The van der Waals surface area contributed by atoms with Crippen molar-refractivity contribution in [3.05, 3.63) is 55.4 Å². The molecule has 2 aromatic rings. The summed E-state index contributed by atoms with van der Waals surface area (Å²) in [5.74, 6) is -0.365. The minimum atomic E-state index is -0.365. The summed E-state index contributed by atoms with van der Waals surface area (Å²) in [6, 6.07) is 7.88. The summed E-state index contributed by atoms with van der Waals surface area (Å²) in [5.41, 5.74) is 6.90. The number of nitrogens with two attached hydrogens (primary N) is 1. The third kappa shape index (κ3) is 3.38. The predicted octanol–water partition coefficient (Wildman–Crippen LogP) is 5.24. The minimum absolute atomic E-state index is 0.265. The Hall–Kier alpha value is -0.940. The molecule has 3 nitrogen and oxygen atoms in total. The molecule has 0 aliphatic rings. The SMILES string of the molecule is Nc1cc(C(=O)Nc2c(Cl)cc(Cl)cc2Cl)ccc1Br. The van der Waals surface area contributed by atoms with Crippen LogP contribution in [0.25, 0.3) is 0 Å². The lowest BCUT2D eigenvalue weighted by Crippen LogP contribution is -2.13. The van der Waals surface area contributed by atoms with Crippen LogP contribution in [0.5, 0.6) is 0 Å². The number of nitrogen functional groups attached to an aromatic ring is 1. The van der Waals surface area contributed by atoms with Gasteiger partial charge in [-0.05, 0) is 46.3 Å². The van der Waals surface area contributed by atoms with Crippen molar-refractivity contribution in [3.63, 3.8) is 0 Å². The molecule has 0 unspecified atom stereocenters. The van der Waals surface area contributed by atoms with Gasteiger partial charge in [-0.25, -0.2) is 0 Å². The van der Waals surface area contributed by atoms with Crippen LogP contribution < -0.4 is 11.1 Å². The van der Waals surface area contributed by atoms with E-state index in [9.17, 15) is 4.79 Å². The zero-order valence-corrected chi connectivity index (χ0v) is 13.7. The van der Waals surface area contributed by atoms with E-state index >= 15 is 0 Å². The molecule has 0 radical (unpaired) electrons. The number of halogens is 4. The quantitative estimate of drug-likeness (QED) is 0.684. The van der Waals surface area contributed by atoms with E-state index in [2.05, 4.69) is 21.2 Å². The van der Waals surface area contributed by atoms with E-state index in [1.165, 1.54) is 12.1 Å². The van der Waals surface area contributed by atoms with E-state index < -0.39 is 0 Å². The Kier molecular flexibility index (Phi) is 4.81. The second-order valence-electron chi connectivity index (χ2n) is 3.93. The Bertz CT molecular complexity index is 668. The molecule has 0 aliphatic heterocycles. The van der Waals surface area contributed by atoms with Gasteiger partial charge in [-0.2, -0.15) is 0 Å². The summed E-state index contributed by atoms with van der Waals surface area (Å²) in [5, 5.41) is 3.56. The summed E-state index contributed by atoms with van der Waals surface area (Å²) < 4.78 is 0.719. The monoisotopic (exact) mass is 392 g/mol. The van der Waals surface area contributed by atoms with Gasteiger partial charge in [0.1, 0.15) is 0 Å². The number of rotatable bonds is 2. The van der Waals surface area contributed by atoms with Gasteiger partial charge in [-0.1, -0.05) is 34.8 Å². The molecular weight excluding hydrogens is 386 g/mol. The van der Waals surface area contributed by atoms with Gasteiger partial charge in [0.2, 0.25) is 0 Å². The van der Waals surface area contributed by atoms with E-state index in [-0.39, 0.29) is 16.0 Å². The van der Waals surface area contributed by atoms with Gasteiger partial charge in [0.25, 0.3) is 5.91 Å². The first kappa shape index (κ1) is 15.4. The highest BCUT2D eigenvalue weighted by molar-refractivity contribution is 9.10. The smallest absolute Gasteiger partial charge is 0.255 e. The fourth-order valence-corrected chi connectivity index (χ4v) is 2.69. The Balaban J connectivity index is 2.30. The maximum Gasteiger partial charge on any atom is 0.255 e. The summed E-state index contributed by atoms with van der Waals surface area (Å²) in [7, 11) is 0. The second-order valence-corrected chi connectivity index (χ2v) is 6.04. The zero-order chi connectivity index (χ0) is 14.9. The molecule has 0 aliphatic carbocycles.